The minimum atomic E-state index is -3.79. The molecule has 4 aromatic rings. The van der Waals surface area contributed by atoms with Gasteiger partial charge in [-0.05, 0) is 43.0 Å². The van der Waals surface area contributed by atoms with E-state index in [1.165, 1.54) is 18.1 Å². The zero-order valence-corrected chi connectivity index (χ0v) is 22.5. The number of hydrogen-bond donors (Lipinski definition) is 3. The maximum atomic E-state index is 12.9. The molecule has 3 heterocycles. The van der Waals surface area contributed by atoms with E-state index in [-0.39, 0.29) is 23.2 Å². The van der Waals surface area contributed by atoms with Gasteiger partial charge >= 0.3 is 6.09 Å². The van der Waals surface area contributed by atoms with Crippen LogP contribution < -0.4 is 15.2 Å². The number of piperidine rings is 1. The standard InChI is InChI=1S/C27H30N6O5S/c1-17-5-10-24(23(12-17)38-2)39(36,37)30-13-18-6-8-19(9-7-18)26-25-21(28)14-29-15-22(25)33(31-26)20-4-3-11-32(16-20)27(34)35/h5-10,12,14-15,20,30H,3-4,11,13,16,28H2,1-2H3,(H,34,35)/t20-/m1/s1. The second-order valence-electron chi connectivity index (χ2n) is 9.62. The third-order valence-corrected chi connectivity index (χ3v) is 8.40. The van der Waals surface area contributed by atoms with Crippen molar-refractivity contribution in [3.05, 3.63) is 66.0 Å². The van der Waals surface area contributed by atoms with Gasteiger partial charge < -0.3 is 20.5 Å². The number of aromatic nitrogens is 3. The minimum absolute atomic E-state index is 0.0810. The van der Waals surface area contributed by atoms with E-state index in [9.17, 15) is 18.3 Å². The molecule has 39 heavy (non-hydrogen) atoms. The Morgan fingerprint density at radius 1 is 1.21 bits per heavy atom. The second-order valence-corrected chi connectivity index (χ2v) is 11.4. The van der Waals surface area contributed by atoms with Crippen LogP contribution in [-0.2, 0) is 16.6 Å². The van der Waals surface area contributed by atoms with Gasteiger partial charge in [0.25, 0.3) is 0 Å². The van der Waals surface area contributed by atoms with Crippen molar-refractivity contribution < 1.29 is 23.1 Å². The molecule has 1 aliphatic heterocycles. The van der Waals surface area contributed by atoms with Crippen molar-refractivity contribution in [2.75, 3.05) is 25.9 Å². The van der Waals surface area contributed by atoms with Crippen LogP contribution in [0.2, 0.25) is 0 Å². The molecule has 2 aromatic carbocycles. The number of fused-ring (bicyclic) bond motifs is 1. The van der Waals surface area contributed by atoms with Crippen LogP contribution in [0.25, 0.3) is 22.2 Å². The second kappa shape index (κ2) is 10.5. The molecule has 4 N–H and O–H groups in total. The Labute approximate surface area is 226 Å². The third kappa shape index (κ3) is 5.25. The summed E-state index contributed by atoms with van der Waals surface area (Å²) in [6, 6.07) is 12.2. The molecule has 1 amide bonds. The molecule has 0 aliphatic carbocycles. The number of pyridine rings is 1. The SMILES string of the molecule is COc1cc(C)ccc1S(=O)(=O)NCc1ccc(-c2nn([C@@H]3CCCN(C(=O)O)C3)c3cncc(N)c23)cc1. The summed E-state index contributed by atoms with van der Waals surface area (Å²) in [6.45, 7) is 2.80. The molecule has 12 heteroatoms. The molecule has 1 aliphatic rings. The topological polar surface area (TPSA) is 153 Å². The van der Waals surface area contributed by atoms with Gasteiger partial charge in [-0.25, -0.2) is 17.9 Å². The Kier molecular flexibility index (Phi) is 7.15. The Morgan fingerprint density at radius 3 is 2.69 bits per heavy atom. The highest BCUT2D eigenvalue weighted by Gasteiger charge is 2.28. The summed E-state index contributed by atoms with van der Waals surface area (Å²) in [6.07, 6.45) is 3.86. The number of nitrogens with one attached hydrogen (secondary N) is 1. The molecule has 2 aromatic heterocycles. The van der Waals surface area contributed by atoms with Gasteiger partial charge in [-0.15, -0.1) is 0 Å². The smallest absolute Gasteiger partial charge is 0.407 e. The van der Waals surface area contributed by atoms with Crippen molar-refractivity contribution in [2.24, 2.45) is 0 Å². The number of sulfonamides is 1. The number of nitrogen functional groups attached to an aromatic ring is 1. The summed E-state index contributed by atoms with van der Waals surface area (Å²) in [4.78, 5) is 17.3. The highest BCUT2D eigenvalue weighted by Crippen LogP contribution is 2.35. The number of carbonyl (C=O) groups is 1. The Morgan fingerprint density at radius 2 is 1.97 bits per heavy atom. The Hall–Kier alpha value is -4.16. The number of nitrogens with zero attached hydrogens (tertiary/aromatic N) is 4. The molecule has 1 atom stereocenters. The van der Waals surface area contributed by atoms with E-state index in [2.05, 4.69) is 9.71 Å². The first-order valence-corrected chi connectivity index (χ1v) is 14.0. The van der Waals surface area contributed by atoms with E-state index in [4.69, 9.17) is 15.6 Å². The van der Waals surface area contributed by atoms with Crippen molar-refractivity contribution in [1.82, 2.24) is 24.4 Å². The van der Waals surface area contributed by atoms with E-state index in [1.54, 1.807) is 24.5 Å². The third-order valence-electron chi connectivity index (χ3n) is 6.96. The van der Waals surface area contributed by atoms with Gasteiger partial charge in [0.1, 0.15) is 16.3 Å². The van der Waals surface area contributed by atoms with Crippen LogP contribution in [0.1, 0.15) is 30.0 Å². The van der Waals surface area contributed by atoms with Crippen molar-refractivity contribution in [3.8, 4) is 17.0 Å². The highest BCUT2D eigenvalue weighted by molar-refractivity contribution is 7.89. The summed E-state index contributed by atoms with van der Waals surface area (Å²) in [5, 5.41) is 15.1. The minimum Gasteiger partial charge on any atom is -0.495 e. The van der Waals surface area contributed by atoms with Crippen LogP contribution in [0.4, 0.5) is 10.5 Å². The zero-order valence-electron chi connectivity index (χ0n) is 21.7. The maximum Gasteiger partial charge on any atom is 0.407 e. The summed E-state index contributed by atoms with van der Waals surface area (Å²) >= 11 is 0. The normalized spacial score (nSPS) is 15.9. The molecule has 11 nitrogen and oxygen atoms in total. The lowest BCUT2D eigenvalue weighted by Gasteiger charge is -2.31. The number of carboxylic acid groups (broad SMARTS) is 1. The Bertz CT molecular complexity index is 1630. The fourth-order valence-corrected chi connectivity index (χ4v) is 6.12. The molecule has 0 saturated carbocycles. The van der Waals surface area contributed by atoms with Gasteiger partial charge in [0.2, 0.25) is 10.0 Å². The number of ether oxygens (including phenoxy) is 1. The van der Waals surface area contributed by atoms with Crippen molar-refractivity contribution in [2.45, 2.75) is 37.2 Å². The van der Waals surface area contributed by atoms with Gasteiger partial charge in [-0.1, -0.05) is 30.3 Å². The fraction of sp³-hybridized carbons (Fsp3) is 0.296. The number of aryl methyl sites for hydroxylation is 1. The fourth-order valence-electron chi connectivity index (χ4n) is 4.95. The van der Waals surface area contributed by atoms with Crippen LogP contribution in [0.3, 0.4) is 0 Å². The number of hydrogen-bond acceptors (Lipinski definition) is 7. The number of benzene rings is 2. The lowest BCUT2D eigenvalue weighted by atomic mass is 10.1. The number of rotatable bonds is 7. The highest BCUT2D eigenvalue weighted by atomic mass is 32.2. The zero-order chi connectivity index (χ0) is 27.7. The molecule has 1 fully saturated rings. The number of likely N-dealkylation sites (tertiary alicyclic amines) is 1. The lowest BCUT2D eigenvalue weighted by Crippen LogP contribution is -2.40. The van der Waals surface area contributed by atoms with Crippen LogP contribution in [-0.4, -0.2) is 59.5 Å². The average molecular weight is 551 g/mol. The van der Waals surface area contributed by atoms with Crippen molar-refractivity contribution in [1.29, 1.82) is 0 Å². The van der Waals surface area contributed by atoms with E-state index in [1.807, 2.05) is 35.9 Å². The monoisotopic (exact) mass is 550 g/mol. The van der Waals surface area contributed by atoms with Crippen molar-refractivity contribution >= 4 is 32.7 Å². The van der Waals surface area contributed by atoms with Gasteiger partial charge in [0.05, 0.1) is 42.1 Å². The molecule has 0 bridgehead atoms. The lowest BCUT2D eigenvalue weighted by molar-refractivity contribution is 0.120. The van der Waals surface area contributed by atoms with E-state index in [0.717, 1.165) is 40.4 Å². The van der Waals surface area contributed by atoms with Gasteiger partial charge in [0, 0.05) is 25.2 Å². The van der Waals surface area contributed by atoms with Crippen LogP contribution >= 0.6 is 0 Å². The summed E-state index contributed by atoms with van der Waals surface area (Å²) in [5.41, 5.74) is 10.7. The maximum absolute atomic E-state index is 12.9. The van der Waals surface area contributed by atoms with E-state index < -0.39 is 16.1 Å². The van der Waals surface area contributed by atoms with Crippen LogP contribution in [0.5, 0.6) is 5.75 Å². The first-order valence-electron chi connectivity index (χ1n) is 12.5. The van der Waals surface area contributed by atoms with E-state index >= 15 is 0 Å². The molecule has 1 saturated heterocycles. The van der Waals surface area contributed by atoms with Crippen LogP contribution in [0.15, 0.2) is 59.8 Å². The quantitative estimate of drug-likeness (QED) is 0.314. The average Bonchev–Trinajstić information content (AvgIpc) is 3.33. The predicted octanol–water partition coefficient (Wildman–Crippen LogP) is 3.79. The number of amides is 1. The number of anilines is 1. The Balaban J connectivity index is 1.40. The molecule has 5 rings (SSSR count). The molecular formula is C27H30N6O5S. The first-order chi connectivity index (χ1) is 18.7. The van der Waals surface area contributed by atoms with Gasteiger partial charge in [0.15, 0.2) is 0 Å². The molecular weight excluding hydrogens is 520 g/mol. The number of nitrogens with two attached hydrogens (primary N) is 1. The molecule has 0 radical (unpaired) electrons. The first kappa shape index (κ1) is 26.4. The predicted molar refractivity (Wildman–Crippen MR) is 147 cm³/mol. The molecule has 0 unspecified atom stereocenters. The largest absolute Gasteiger partial charge is 0.495 e. The molecule has 0 spiro atoms. The van der Waals surface area contributed by atoms with Gasteiger partial charge in [-0.3, -0.25) is 9.67 Å². The summed E-state index contributed by atoms with van der Waals surface area (Å²) in [7, 11) is -2.35. The summed E-state index contributed by atoms with van der Waals surface area (Å²) in [5.74, 6) is 0.289. The van der Waals surface area contributed by atoms with Crippen LogP contribution in [0, 0.1) is 6.92 Å². The van der Waals surface area contributed by atoms with Gasteiger partial charge in [-0.2, -0.15) is 5.10 Å². The molecule has 204 valence electrons. The van der Waals surface area contributed by atoms with E-state index in [0.29, 0.717) is 24.5 Å². The van der Waals surface area contributed by atoms with Crippen molar-refractivity contribution in [3.63, 3.8) is 0 Å². The number of methoxy groups -OCH3 is 1. The summed E-state index contributed by atoms with van der Waals surface area (Å²) < 4.78 is 35.6.